The summed E-state index contributed by atoms with van der Waals surface area (Å²) < 4.78 is 12.2. The van der Waals surface area contributed by atoms with Gasteiger partial charge in [-0.3, -0.25) is 9.59 Å². The summed E-state index contributed by atoms with van der Waals surface area (Å²) in [5.41, 5.74) is -0.872. The van der Waals surface area contributed by atoms with Crippen LogP contribution in [0.15, 0.2) is 24.3 Å². The molecule has 3 rings (SSSR count). The van der Waals surface area contributed by atoms with Crippen molar-refractivity contribution in [3.8, 4) is 5.75 Å². The van der Waals surface area contributed by atoms with Gasteiger partial charge in [0.1, 0.15) is 18.0 Å². The molecule has 0 unspecified atom stereocenters. The van der Waals surface area contributed by atoms with Gasteiger partial charge in [0.25, 0.3) is 0 Å². The maximum atomic E-state index is 13.1. The number of nitrogens with zero attached hydrogens (tertiary/aromatic N) is 3. The van der Waals surface area contributed by atoms with Crippen LogP contribution in [-0.2, 0) is 14.3 Å². The van der Waals surface area contributed by atoms with E-state index in [2.05, 4.69) is 18.9 Å². The Kier molecular flexibility index (Phi) is 8.58. The first kappa shape index (κ1) is 23.8. The molecule has 7 nitrogen and oxygen atoms in total. The molecule has 0 aliphatic carbocycles. The van der Waals surface area contributed by atoms with Crippen molar-refractivity contribution < 1.29 is 19.1 Å². The highest BCUT2D eigenvalue weighted by Crippen LogP contribution is 2.27. The van der Waals surface area contributed by atoms with E-state index in [0.717, 1.165) is 25.9 Å². The Labute approximate surface area is 190 Å². The molecular formula is C23H34ClN3O4. The van der Waals surface area contributed by atoms with E-state index in [0.29, 0.717) is 50.0 Å². The van der Waals surface area contributed by atoms with Gasteiger partial charge >= 0.3 is 0 Å². The number of halogens is 1. The van der Waals surface area contributed by atoms with Crippen LogP contribution in [0.2, 0.25) is 5.02 Å². The quantitative estimate of drug-likeness (QED) is 0.608. The van der Waals surface area contributed by atoms with E-state index >= 15 is 0 Å². The zero-order valence-electron chi connectivity index (χ0n) is 18.6. The minimum atomic E-state index is -0.872. The molecule has 172 valence electrons. The maximum Gasteiger partial charge on any atom is 0.225 e. The lowest BCUT2D eigenvalue weighted by Gasteiger charge is -2.43. The summed E-state index contributed by atoms with van der Waals surface area (Å²) in [5.74, 6) is 0.784. The van der Waals surface area contributed by atoms with Gasteiger partial charge in [-0.2, -0.15) is 0 Å². The number of ether oxygens (including phenoxy) is 2. The van der Waals surface area contributed by atoms with Crippen LogP contribution < -0.4 is 4.74 Å². The Hall–Kier alpha value is -1.83. The van der Waals surface area contributed by atoms with E-state index in [9.17, 15) is 9.59 Å². The van der Waals surface area contributed by atoms with Crippen LogP contribution in [0.3, 0.4) is 0 Å². The molecule has 1 atom stereocenters. The van der Waals surface area contributed by atoms with Gasteiger partial charge in [-0.1, -0.05) is 31.0 Å². The van der Waals surface area contributed by atoms with Crippen LogP contribution in [0.1, 0.15) is 32.6 Å². The highest BCUT2D eigenvalue weighted by atomic mass is 35.5. The Morgan fingerprint density at radius 1 is 1.13 bits per heavy atom. The van der Waals surface area contributed by atoms with Gasteiger partial charge in [0.2, 0.25) is 11.8 Å². The molecule has 0 saturated carbocycles. The molecule has 8 heteroatoms. The van der Waals surface area contributed by atoms with Crippen molar-refractivity contribution in [2.45, 2.75) is 38.2 Å². The van der Waals surface area contributed by atoms with Gasteiger partial charge in [-0.15, -0.1) is 0 Å². The number of hydrogen-bond donors (Lipinski definition) is 0. The van der Waals surface area contributed by atoms with Gasteiger partial charge in [-0.25, -0.2) is 0 Å². The van der Waals surface area contributed by atoms with Gasteiger partial charge in [0.05, 0.1) is 19.6 Å². The lowest BCUT2D eigenvalue weighted by atomic mass is 9.96. The maximum absolute atomic E-state index is 13.1. The highest BCUT2D eigenvalue weighted by molar-refractivity contribution is 6.30. The summed E-state index contributed by atoms with van der Waals surface area (Å²) in [6.45, 7) is 6.70. The van der Waals surface area contributed by atoms with Crippen molar-refractivity contribution in [3.05, 3.63) is 29.3 Å². The summed E-state index contributed by atoms with van der Waals surface area (Å²) in [7, 11) is 2.06. The predicted molar refractivity (Wildman–Crippen MR) is 120 cm³/mol. The fourth-order valence-corrected chi connectivity index (χ4v) is 4.18. The van der Waals surface area contributed by atoms with E-state index in [4.69, 9.17) is 21.1 Å². The summed E-state index contributed by atoms with van der Waals surface area (Å²) >= 11 is 6.08. The number of rotatable bonds is 8. The molecular weight excluding hydrogens is 418 g/mol. The number of unbranched alkanes of at least 4 members (excludes halogenated alkanes) is 1. The predicted octanol–water partition coefficient (Wildman–Crippen LogP) is 2.67. The van der Waals surface area contributed by atoms with Crippen LogP contribution in [0.4, 0.5) is 0 Å². The first-order valence-corrected chi connectivity index (χ1v) is 11.5. The molecule has 0 bridgehead atoms. The molecule has 0 aromatic heterocycles. The van der Waals surface area contributed by atoms with Crippen LogP contribution >= 0.6 is 11.6 Å². The van der Waals surface area contributed by atoms with E-state index in [1.165, 1.54) is 0 Å². The molecule has 0 N–H and O–H groups in total. The second-order valence-electron chi connectivity index (χ2n) is 8.56. The SMILES string of the molecule is CCCCC(=O)N1CCO[C@](COc2cccc(Cl)c2)(CC(=O)N2CCN(C)CC2)C1. The van der Waals surface area contributed by atoms with Gasteiger partial charge < -0.3 is 24.2 Å². The molecule has 0 radical (unpaired) electrons. The third kappa shape index (κ3) is 6.82. The molecule has 2 heterocycles. The number of carbonyl (C=O) groups excluding carboxylic acids is 2. The first-order valence-electron chi connectivity index (χ1n) is 11.2. The molecule has 2 aliphatic heterocycles. The Balaban J connectivity index is 1.72. The fraction of sp³-hybridized carbons (Fsp3) is 0.652. The summed E-state index contributed by atoms with van der Waals surface area (Å²) in [5, 5.41) is 0.584. The number of piperazine rings is 1. The van der Waals surface area contributed by atoms with Crippen molar-refractivity contribution in [1.29, 1.82) is 0 Å². The lowest BCUT2D eigenvalue weighted by molar-refractivity contribution is -0.166. The largest absolute Gasteiger partial charge is 0.490 e. The molecule has 31 heavy (non-hydrogen) atoms. The smallest absolute Gasteiger partial charge is 0.225 e. The van der Waals surface area contributed by atoms with Crippen LogP contribution in [0.25, 0.3) is 0 Å². The van der Waals surface area contributed by atoms with Gasteiger partial charge in [-0.05, 0) is 31.7 Å². The summed E-state index contributed by atoms with van der Waals surface area (Å²) in [6.07, 6.45) is 2.55. The van der Waals surface area contributed by atoms with Crippen molar-refractivity contribution in [2.75, 3.05) is 59.5 Å². The number of morpholine rings is 1. The number of amides is 2. The lowest BCUT2D eigenvalue weighted by Crippen LogP contribution is -2.59. The molecule has 2 saturated heterocycles. The molecule has 2 aliphatic rings. The standard InChI is InChI=1S/C23H34ClN3O4/c1-3-4-8-21(28)27-13-14-31-23(17-27,18-30-20-7-5-6-19(24)15-20)16-22(29)26-11-9-25(2)10-12-26/h5-7,15H,3-4,8-14,16-18H2,1-2H3/t23-/m1/s1. The Bertz CT molecular complexity index is 754. The zero-order valence-corrected chi connectivity index (χ0v) is 19.4. The normalized spacial score (nSPS) is 22.4. The van der Waals surface area contributed by atoms with Crippen molar-refractivity contribution >= 4 is 23.4 Å². The number of carbonyl (C=O) groups is 2. The number of benzene rings is 1. The van der Waals surface area contributed by atoms with Crippen molar-refractivity contribution in [1.82, 2.24) is 14.7 Å². The van der Waals surface area contributed by atoms with Crippen molar-refractivity contribution in [3.63, 3.8) is 0 Å². The number of likely N-dealkylation sites (N-methyl/N-ethyl adjacent to an activating group) is 1. The second kappa shape index (κ2) is 11.2. The minimum absolute atomic E-state index is 0.0469. The minimum Gasteiger partial charge on any atom is -0.490 e. The zero-order chi connectivity index (χ0) is 22.3. The van der Waals surface area contributed by atoms with Crippen molar-refractivity contribution in [2.24, 2.45) is 0 Å². The fourth-order valence-electron chi connectivity index (χ4n) is 4.00. The highest BCUT2D eigenvalue weighted by Gasteiger charge is 2.42. The Morgan fingerprint density at radius 2 is 1.90 bits per heavy atom. The topological polar surface area (TPSA) is 62.3 Å². The second-order valence-corrected chi connectivity index (χ2v) is 8.99. The number of hydrogen-bond acceptors (Lipinski definition) is 5. The summed E-state index contributed by atoms with van der Waals surface area (Å²) in [6, 6.07) is 7.17. The van der Waals surface area contributed by atoms with E-state index in [-0.39, 0.29) is 24.8 Å². The molecule has 2 fully saturated rings. The Morgan fingerprint density at radius 3 is 2.61 bits per heavy atom. The molecule has 1 aromatic carbocycles. The van der Waals surface area contributed by atoms with Crippen LogP contribution in [-0.4, -0.2) is 91.6 Å². The van der Waals surface area contributed by atoms with E-state index in [1.807, 2.05) is 21.9 Å². The third-order valence-electron chi connectivity index (χ3n) is 5.97. The average molecular weight is 452 g/mol. The monoisotopic (exact) mass is 451 g/mol. The van der Waals surface area contributed by atoms with Crippen LogP contribution in [0.5, 0.6) is 5.75 Å². The average Bonchev–Trinajstić information content (AvgIpc) is 2.77. The van der Waals surface area contributed by atoms with Gasteiger partial charge in [0.15, 0.2) is 0 Å². The molecule has 0 spiro atoms. The van der Waals surface area contributed by atoms with Crippen LogP contribution in [0, 0.1) is 0 Å². The molecule has 1 aromatic rings. The van der Waals surface area contributed by atoms with E-state index < -0.39 is 5.60 Å². The third-order valence-corrected chi connectivity index (χ3v) is 6.21. The first-order chi connectivity index (χ1) is 14.9. The molecule has 2 amide bonds. The van der Waals surface area contributed by atoms with E-state index in [1.54, 1.807) is 12.1 Å². The van der Waals surface area contributed by atoms with Gasteiger partial charge in [0, 0.05) is 44.2 Å². The summed E-state index contributed by atoms with van der Waals surface area (Å²) in [4.78, 5) is 31.8.